The van der Waals surface area contributed by atoms with E-state index < -0.39 is 0 Å². The molecule has 0 amide bonds. The summed E-state index contributed by atoms with van der Waals surface area (Å²) in [5, 5.41) is 0. The minimum Gasteiger partial charge on any atom is -1.00 e. The second-order valence-corrected chi connectivity index (χ2v) is 26.8. The van der Waals surface area contributed by atoms with Gasteiger partial charge in [-0.25, -0.2) is 0 Å². The summed E-state index contributed by atoms with van der Waals surface area (Å²) in [4.78, 5) is 0. The van der Waals surface area contributed by atoms with Crippen molar-refractivity contribution < 1.29 is 51.0 Å². The second-order valence-electron chi connectivity index (χ2n) is 26.8. The van der Waals surface area contributed by atoms with Gasteiger partial charge in [0.2, 0.25) is 0 Å². The van der Waals surface area contributed by atoms with E-state index in [0.717, 1.165) is 12.8 Å². The quantitative estimate of drug-likeness (QED) is 0.176. The number of rotatable bonds is 2. The normalized spacial score (nSPS) is 18.7. The van der Waals surface area contributed by atoms with Crippen molar-refractivity contribution >= 4 is 11.1 Å². The van der Waals surface area contributed by atoms with Crippen LogP contribution in [0.4, 0.5) is 0 Å². The summed E-state index contributed by atoms with van der Waals surface area (Å²) in [5.74, 6) is 0. The Kier molecular flexibility index (Phi) is 15.6. The molecule has 0 aromatic heterocycles. The maximum absolute atomic E-state index is 3.84. The van der Waals surface area contributed by atoms with Crippen LogP contribution in [0, 0.1) is 12.2 Å². The van der Waals surface area contributed by atoms with Gasteiger partial charge in [-0.2, -0.15) is 0 Å². The van der Waals surface area contributed by atoms with E-state index in [0.29, 0.717) is 0 Å². The molecule has 0 heterocycles. The van der Waals surface area contributed by atoms with E-state index in [4.69, 9.17) is 0 Å². The van der Waals surface area contributed by atoms with Crippen LogP contribution >= 0.6 is 0 Å². The zero-order valence-electron chi connectivity index (χ0n) is 44.3. The maximum atomic E-state index is 3.84. The van der Waals surface area contributed by atoms with Gasteiger partial charge in [-0.1, -0.05) is 255 Å². The Labute approximate surface area is 430 Å². The van der Waals surface area contributed by atoms with Gasteiger partial charge in [0.25, 0.3) is 0 Å². The summed E-state index contributed by atoms with van der Waals surface area (Å²) in [6, 6.07) is 24.5. The molecule has 4 aromatic carbocycles. The van der Waals surface area contributed by atoms with Crippen molar-refractivity contribution in [2.24, 2.45) is 0 Å². The molecule has 348 valence electrons. The molecule has 0 N–H and O–H groups in total. The standard InChI is InChI=1S/2C31H41.2ClH.Zr/c2*1-28(2,3)24-15-23(16-25(19-24)29(4,5)6)20-13-21-17-26-27(18-22(21)14-20)31(9,10)12-11-30(26,7)8;;;/h2*15-19H,11-13H2,1-10H3;2*1H;/q2*-1;;;+4/p-2. The van der Waals surface area contributed by atoms with E-state index in [1.165, 1.54) is 104 Å². The third-order valence-corrected chi connectivity index (χ3v) is 15.5. The van der Waals surface area contributed by atoms with Crippen LogP contribution < -0.4 is 24.8 Å². The maximum Gasteiger partial charge on any atom is 4.00 e. The number of benzene rings is 4. The monoisotopic (exact) mass is 986 g/mol. The van der Waals surface area contributed by atoms with Gasteiger partial charge in [0, 0.05) is 0 Å². The molecule has 0 unspecified atom stereocenters. The number of allylic oxidation sites excluding steroid dienone is 2. The van der Waals surface area contributed by atoms with Gasteiger partial charge in [0.1, 0.15) is 0 Å². The summed E-state index contributed by atoms with van der Waals surface area (Å²) >= 11 is 0. The van der Waals surface area contributed by atoms with Gasteiger partial charge in [-0.15, -0.1) is 57.7 Å². The molecule has 0 aliphatic heterocycles. The van der Waals surface area contributed by atoms with Gasteiger partial charge >= 0.3 is 26.2 Å². The second kappa shape index (κ2) is 18.3. The van der Waals surface area contributed by atoms with Gasteiger partial charge in [-0.3, -0.25) is 0 Å². The van der Waals surface area contributed by atoms with Crippen molar-refractivity contribution in [1.82, 2.24) is 0 Å². The summed E-state index contributed by atoms with van der Waals surface area (Å²) in [5.41, 5.74) is 24.4. The van der Waals surface area contributed by atoms with Crippen LogP contribution in [0.15, 0.2) is 60.7 Å². The smallest absolute Gasteiger partial charge is 1.00 e. The fourth-order valence-electron chi connectivity index (χ4n) is 10.3. The van der Waals surface area contributed by atoms with Crippen LogP contribution in [0.25, 0.3) is 11.1 Å². The predicted octanol–water partition coefficient (Wildman–Crippen LogP) is 10.8. The molecule has 0 spiro atoms. The third-order valence-electron chi connectivity index (χ3n) is 15.5. The summed E-state index contributed by atoms with van der Waals surface area (Å²) in [6.45, 7) is 47.1. The zero-order chi connectivity index (χ0) is 46.0. The van der Waals surface area contributed by atoms with E-state index in [1.54, 1.807) is 11.1 Å². The zero-order valence-corrected chi connectivity index (χ0v) is 48.2. The molecule has 65 heavy (non-hydrogen) atoms. The van der Waals surface area contributed by atoms with Gasteiger partial charge in [0.15, 0.2) is 0 Å². The molecule has 0 nitrogen and oxygen atoms in total. The molecular weight excluding hydrogens is 907 g/mol. The van der Waals surface area contributed by atoms with Crippen molar-refractivity contribution in [2.75, 3.05) is 0 Å². The average Bonchev–Trinajstić information content (AvgIpc) is 3.77. The predicted molar refractivity (Wildman–Crippen MR) is 270 cm³/mol. The molecule has 0 saturated heterocycles. The van der Waals surface area contributed by atoms with E-state index in [-0.39, 0.29) is 94.3 Å². The van der Waals surface area contributed by atoms with E-state index in [2.05, 4.69) is 211 Å². The van der Waals surface area contributed by atoms with Crippen LogP contribution in [-0.2, 0) is 82.4 Å². The molecule has 4 aliphatic rings. The molecule has 0 bridgehead atoms. The molecule has 4 aromatic rings. The van der Waals surface area contributed by atoms with Crippen molar-refractivity contribution in [3.05, 3.63) is 151 Å². The first-order chi connectivity index (χ1) is 28.2. The summed E-state index contributed by atoms with van der Waals surface area (Å²) < 4.78 is 0. The molecule has 0 saturated carbocycles. The van der Waals surface area contributed by atoms with Crippen LogP contribution in [0.2, 0.25) is 0 Å². The van der Waals surface area contributed by atoms with Crippen molar-refractivity contribution in [3.63, 3.8) is 0 Å². The Bertz CT molecular complexity index is 2250. The van der Waals surface area contributed by atoms with Gasteiger partial charge in [0.05, 0.1) is 0 Å². The van der Waals surface area contributed by atoms with Gasteiger partial charge < -0.3 is 24.8 Å². The Morgan fingerprint density at radius 3 is 0.815 bits per heavy atom. The molecule has 0 radical (unpaired) electrons. The third kappa shape index (κ3) is 11.3. The molecule has 3 heteroatoms. The largest absolute Gasteiger partial charge is 4.00 e. The van der Waals surface area contributed by atoms with Crippen LogP contribution in [-0.4, -0.2) is 0 Å². The first-order valence-corrected chi connectivity index (χ1v) is 24.1. The fraction of sp³-hybridized carbons (Fsp3) is 0.548. The van der Waals surface area contributed by atoms with E-state index >= 15 is 0 Å². The number of hydrogen-bond acceptors (Lipinski definition) is 0. The SMILES string of the molecule is CC(C)(C)c1cc(C2=[C-]c3cc4c(cc3C2)C(C)(C)CCC4(C)C)cc(C(C)(C)C)c1.CC(C)(C)c1cc(C2=[C-]c3cc4c(cc3C2)C(C)(C)CCC4(C)C)cc(C(C)(C)C)c1.[Cl-].[Cl-].[Zr+4]. The van der Waals surface area contributed by atoms with Crippen LogP contribution in [0.3, 0.4) is 0 Å². The topological polar surface area (TPSA) is 0 Å². The molecule has 8 rings (SSSR count). The molecule has 4 aliphatic carbocycles. The van der Waals surface area contributed by atoms with Gasteiger partial charge in [-0.05, 0) is 69.0 Å². The average molecular weight is 989 g/mol. The van der Waals surface area contributed by atoms with E-state index in [9.17, 15) is 0 Å². The minimum atomic E-state index is 0. The van der Waals surface area contributed by atoms with Crippen molar-refractivity contribution in [2.45, 2.75) is 220 Å². The number of halogens is 2. The summed E-state index contributed by atoms with van der Waals surface area (Å²) in [6.07, 6.45) is 14.7. The Morgan fingerprint density at radius 1 is 0.354 bits per heavy atom. The Hall–Kier alpha value is -2.18. The van der Waals surface area contributed by atoms with E-state index in [1.807, 2.05) is 0 Å². The summed E-state index contributed by atoms with van der Waals surface area (Å²) in [7, 11) is 0. The van der Waals surface area contributed by atoms with Crippen LogP contribution in [0.1, 0.15) is 242 Å². The Balaban J connectivity index is 0.000000272. The first kappa shape index (κ1) is 55.4. The number of hydrogen-bond donors (Lipinski definition) is 0. The Morgan fingerprint density at radius 2 is 0.585 bits per heavy atom. The van der Waals surface area contributed by atoms with Crippen molar-refractivity contribution in [1.29, 1.82) is 0 Å². The van der Waals surface area contributed by atoms with Crippen LogP contribution in [0.5, 0.6) is 0 Å². The molecule has 0 fully saturated rings. The fourth-order valence-corrected chi connectivity index (χ4v) is 10.3. The molecule has 0 atom stereocenters. The minimum absolute atomic E-state index is 0. The first-order valence-electron chi connectivity index (χ1n) is 24.1. The molecular formula is C62H82Cl2Zr. The van der Waals surface area contributed by atoms with Crippen molar-refractivity contribution in [3.8, 4) is 0 Å². The number of fused-ring (bicyclic) bond motifs is 4.